The summed E-state index contributed by atoms with van der Waals surface area (Å²) in [6, 6.07) is 7.22. The minimum atomic E-state index is -1.16. The molecular formula is C12H16O3. The van der Waals surface area contributed by atoms with Gasteiger partial charge in [-0.25, -0.2) is 0 Å². The first-order valence-electron chi connectivity index (χ1n) is 5.00. The van der Waals surface area contributed by atoms with Crippen LogP contribution in [0.1, 0.15) is 25.8 Å². The van der Waals surface area contributed by atoms with Crippen molar-refractivity contribution in [3.05, 3.63) is 29.8 Å². The van der Waals surface area contributed by atoms with Crippen LogP contribution in [0.25, 0.3) is 0 Å². The first-order valence-corrected chi connectivity index (χ1v) is 5.00. The number of hydrogen-bond donors (Lipinski definition) is 1. The molecule has 15 heavy (non-hydrogen) atoms. The van der Waals surface area contributed by atoms with Gasteiger partial charge in [0.15, 0.2) is 0 Å². The second-order valence-corrected chi connectivity index (χ2v) is 3.57. The van der Waals surface area contributed by atoms with Gasteiger partial charge >= 0.3 is 0 Å². The highest BCUT2D eigenvalue weighted by Crippen LogP contribution is 2.31. The third-order valence-corrected chi connectivity index (χ3v) is 2.25. The van der Waals surface area contributed by atoms with Gasteiger partial charge < -0.3 is 14.6 Å². The van der Waals surface area contributed by atoms with Gasteiger partial charge in [-0.3, -0.25) is 0 Å². The van der Waals surface area contributed by atoms with E-state index in [1.807, 2.05) is 19.1 Å². The van der Waals surface area contributed by atoms with Crippen LogP contribution >= 0.6 is 0 Å². The van der Waals surface area contributed by atoms with E-state index in [4.69, 9.17) is 4.74 Å². The molecule has 0 bridgehead atoms. The van der Waals surface area contributed by atoms with Crippen molar-refractivity contribution < 1.29 is 14.6 Å². The van der Waals surface area contributed by atoms with E-state index >= 15 is 0 Å². The molecule has 0 fully saturated rings. The van der Waals surface area contributed by atoms with Gasteiger partial charge in [0, 0.05) is 12.0 Å². The van der Waals surface area contributed by atoms with Crippen LogP contribution in [-0.2, 0) is 10.4 Å². The number of hydrogen-bond acceptors (Lipinski definition) is 3. The molecular weight excluding hydrogens is 192 g/mol. The molecule has 0 spiro atoms. The molecule has 1 rings (SSSR count). The molecule has 0 aliphatic rings. The number of para-hydroxylation sites is 1. The third kappa shape index (κ3) is 2.80. The van der Waals surface area contributed by atoms with Crippen molar-refractivity contribution in [3.8, 4) is 5.75 Å². The molecule has 1 unspecified atom stereocenters. The molecule has 0 aliphatic carbocycles. The van der Waals surface area contributed by atoms with Crippen LogP contribution in [0.4, 0.5) is 0 Å². The van der Waals surface area contributed by atoms with Gasteiger partial charge in [-0.2, -0.15) is 0 Å². The Morgan fingerprint density at radius 3 is 2.73 bits per heavy atom. The summed E-state index contributed by atoms with van der Waals surface area (Å²) in [4.78, 5) is 10.5. The Balaban J connectivity index is 3.05. The Labute approximate surface area is 89.7 Å². The predicted octanol–water partition coefficient (Wildman–Crippen LogP) is 1.88. The first-order chi connectivity index (χ1) is 7.11. The van der Waals surface area contributed by atoms with Crippen molar-refractivity contribution in [1.29, 1.82) is 0 Å². The van der Waals surface area contributed by atoms with Gasteiger partial charge in [-0.1, -0.05) is 18.2 Å². The molecule has 82 valence electrons. The van der Waals surface area contributed by atoms with Crippen LogP contribution in [-0.4, -0.2) is 18.0 Å². The van der Waals surface area contributed by atoms with E-state index in [1.54, 1.807) is 19.1 Å². The number of ether oxygens (including phenoxy) is 1. The van der Waals surface area contributed by atoms with Crippen molar-refractivity contribution in [2.45, 2.75) is 25.9 Å². The van der Waals surface area contributed by atoms with E-state index in [2.05, 4.69) is 0 Å². The highest BCUT2D eigenvalue weighted by molar-refractivity contribution is 5.53. The molecule has 1 aromatic carbocycles. The Morgan fingerprint density at radius 2 is 2.13 bits per heavy atom. The summed E-state index contributed by atoms with van der Waals surface area (Å²) in [6.07, 6.45) is 0.778. The van der Waals surface area contributed by atoms with Crippen LogP contribution in [0.3, 0.4) is 0 Å². The van der Waals surface area contributed by atoms with Gasteiger partial charge in [0.1, 0.15) is 12.0 Å². The number of benzene rings is 1. The van der Waals surface area contributed by atoms with Crippen molar-refractivity contribution in [2.24, 2.45) is 0 Å². The van der Waals surface area contributed by atoms with E-state index in [-0.39, 0.29) is 6.42 Å². The first kappa shape index (κ1) is 11.7. The second kappa shape index (κ2) is 4.94. The fraction of sp³-hybridized carbons (Fsp3) is 0.417. The standard InChI is InChI=1S/C12H16O3/c1-3-15-11-7-5-4-6-10(11)12(2,14)8-9-13/h4-7,9,14H,3,8H2,1-2H3. The predicted molar refractivity (Wildman–Crippen MR) is 57.9 cm³/mol. The van der Waals surface area contributed by atoms with Crippen LogP contribution in [0.5, 0.6) is 5.75 Å². The Hall–Kier alpha value is -1.35. The molecule has 1 N–H and O–H groups in total. The number of rotatable bonds is 5. The number of aliphatic hydroxyl groups is 1. The van der Waals surface area contributed by atoms with E-state index in [0.29, 0.717) is 24.2 Å². The Kier molecular flexibility index (Phi) is 3.86. The topological polar surface area (TPSA) is 46.5 Å². The lowest BCUT2D eigenvalue weighted by molar-refractivity contribution is -0.112. The van der Waals surface area contributed by atoms with Crippen molar-refractivity contribution >= 4 is 6.29 Å². The smallest absolute Gasteiger partial charge is 0.125 e. The summed E-state index contributed by atoms with van der Waals surface area (Å²) in [5.74, 6) is 0.631. The molecule has 3 nitrogen and oxygen atoms in total. The van der Waals surface area contributed by atoms with Crippen LogP contribution in [0.15, 0.2) is 24.3 Å². The van der Waals surface area contributed by atoms with E-state index in [1.165, 1.54) is 0 Å². The van der Waals surface area contributed by atoms with Gasteiger partial charge in [0.2, 0.25) is 0 Å². The fourth-order valence-electron chi connectivity index (χ4n) is 1.47. The Bertz CT molecular complexity index is 331. The summed E-state index contributed by atoms with van der Waals surface area (Å²) >= 11 is 0. The summed E-state index contributed by atoms with van der Waals surface area (Å²) in [7, 11) is 0. The maximum Gasteiger partial charge on any atom is 0.125 e. The van der Waals surface area contributed by atoms with E-state index < -0.39 is 5.60 Å². The van der Waals surface area contributed by atoms with Crippen LogP contribution in [0.2, 0.25) is 0 Å². The summed E-state index contributed by atoms with van der Waals surface area (Å²) in [6.45, 7) is 4.03. The molecule has 0 radical (unpaired) electrons. The summed E-state index contributed by atoms with van der Waals surface area (Å²) < 4.78 is 5.39. The third-order valence-electron chi connectivity index (χ3n) is 2.25. The van der Waals surface area contributed by atoms with Crippen molar-refractivity contribution in [2.75, 3.05) is 6.61 Å². The lowest BCUT2D eigenvalue weighted by Crippen LogP contribution is -2.22. The van der Waals surface area contributed by atoms with Gasteiger partial charge in [-0.05, 0) is 19.9 Å². The van der Waals surface area contributed by atoms with Gasteiger partial charge in [-0.15, -0.1) is 0 Å². The fourth-order valence-corrected chi connectivity index (χ4v) is 1.47. The molecule has 0 saturated heterocycles. The number of aldehydes is 1. The van der Waals surface area contributed by atoms with Crippen LogP contribution in [0, 0.1) is 0 Å². The minimum absolute atomic E-state index is 0.0666. The van der Waals surface area contributed by atoms with Crippen molar-refractivity contribution in [3.63, 3.8) is 0 Å². The van der Waals surface area contributed by atoms with Gasteiger partial charge in [0.25, 0.3) is 0 Å². The minimum Gasteiger partial charge on any atom is -0.493 e. The lowest BCUT2D eigenvalue weighted by Gasteiger charge is -2.23. The molecule has 0 heterocycles. The molecule has 0 aromatic heterocycles. The van der Waals surface area contributed by atoms with E-state index in [0.717, 1.165) is 0 Å². The molecule has 0 amide bonds. The average Bonchev–Trinajstić information content (AvgIpc) is 2.19. The SMILES string of the molecule is CCOc1ccccc1C(C)(O)CC=O. The van der Waals surface area contributed by atoms with Crippen molar-refractivity contribution in [1.82, 2.24) is 0 Å². The quantitative estimate of drug-likeness (QED) is 0.751. The summed E-state index contributed by atoms with van der Waals surface area (Å²) in [5.41, 5.74) is -0.507. The normalized spacial score (nSPS) is 14.3. The zero-order valence-corrected chi connectivity index (χ0v) is 9.06. The Morgan fingerprint density at radius 1 is 1.47 bits per heavy atom. The largest absolute Gasteiger partial charge is 0.493 e. The molecule has 0 aliphatic heterocycles. The average molecular weight is 208 g/mol. The van der Waals surface area contributed by atoms with Gasteiger partial charge in [0.05, 0.1) is 12.2 Å². The second-order valence-electron chi connectivity index (χ2n) is 3.57. The maximum absolute atomic E-state index is 10.5. The zero-order chi connectivity index (χ0) is 11.3. The summed E-state index contributed by atoms with van der Waals surface area (Å²) in [5, 5.41) is 10.1. The van der Waals surface area contributed by atoms with E-state index in [9.17, 15) is 9.90 Å². The zero-order valence-electron chi connectivity index (χ0n) is 9.06. The molecule has 3 heteroatoms. The van der Waals surface area contributed by atoms with Crippen LogP contribution < -0.4 is 4.74 Å². The molecule has 1 aromatic rings. The molecule has 0 saturated carbocycles. The maximum atomic E-state index is 10.5. The highest BCUT2D eigenvalue weighted by Gasteiger charge is 2.25. The highest BCUT2D eigenvalue weighted by atomic mass is 16.5. The monoisotopic (exact) mass is 208 g/mol. The number of carbonyl (C=O) groups excluding carboxylic acids is 1. The molecule has 1 atom stereocenters. The number of carbonyl (C=O) groups is 1. The lowest BCUT2D eigenvalue weighted by atomic mass is 9.92.